The molecule has 0 radical (unpaired) electrons. The number of hydrogen-bond donors (Lipinski definition) is 1. The minimum absolute atomic E-state index is 0.102. The van der Waals surface area contributed by atoms with E-state index in [-0.39, 0.29) is 5.91 Å². The SMILES string of the molecule is COc1ccccc1C=CCN(CCN1CCNCC1)C(=O)c1cccs1. The predicted octanol–water partition coefficient (Wildman–Crippen LogP) is 2.82. The van der Waals surface area contributed by atoms with Crippen LogP contribution in [0.5, 0.6) is 5.75 Å². The lowest BCUT2D eigenvalue weighted by atomic mass is 10.2. The smallest absolute Gasteiger partial charge is 0.264 e. The highest BCUT2D eigenvalue weighted by atomic mass is 32.1. The van der Waals surface area contributed by atoms with E-state index in [1.54, 1.807) is 7.11 Å². The molecule has 27 heavy (non-hydrogen) atoms. The Morgan fingerprint density at radius 2 is 2.07 bits per heavy atom. The maximum Gasteiger partial charge on any atom is 0.264 e. The van der Waals surface area contributed by atoms with Crippen molar-refractivity contribution in [3.63, 3.8) is 0 Å². The highest BCUT2D eigenvalue weighted by Crippen LogP contribution is 2.19. The molecule has 6 heteroatoms. The number of benzene rings is 1. The Morgan fingerprint density at radius 1 is 1.26 bits per heavy atom. The van der Waals surface area contributed by atoms with Crippen molar-refractivity contribution in [3.8, 4) is 5.75 Å². The van der Waals surface area contributed by atoms with E-state index in [1.165, 1.54) is 11.3 Å². The van der Waals surface area contributed by atoms with E-state index in [4.69, 9.17) is 4.74 Å². The molecule has 0 unspecified atom stereocenters. The lowest BCUT2D eigenvalue weighted by Crippen LogP contribution is -2.47. The molecule has 1 aliphatic heterocycles. The van der Waals surface area contributed by atoms with Crippen LogP contribution in [0.1, 0.15) is 15.2 Å². The van der Waals surface area contributed by atoms with E-state index in [9.17, 15) is 4.79 Å². The van der Waals surface area contributed by atoms with Crippen LogP contribution in [0.4, 0.5) is 0 Å². The summed E-state index contributed by atoms with van der Waals surface area (Å²) in [5.74, 6) is 0.940. The highest BCUT2D eigenvalue weighted by Gasteiger charge is 2.17. The number of carbonyl (C=O) groups excluding carboxylic acids is 1. The summed E-state index contributed by atoms with van der Waals surface area (Å²) in [6.07, 6.45) is 4.07. The van der Waals surface area contributed by atoms with E-state index in [1.807, 2.05) is 58.8 Å². The van der Waals surface area contributed by atoms with Crippen LogP contribution in [-0.2, 0) is 0 Å². The molecular formula is C21H27N3O2S. The van der Waals surface area contributed by atoms with Crippen LogP contribution in [0.2, 0.25) is 0 Å². The number of ether oxygens (including phenoxy) is 1. The summed E-state index contributed by atoms with van der Waals surface area (Å²) in [7, 11) is 1.67. The third kappa shape index (κ3) is 5.66. The average molecular weight is 386 g/mol. The van der Waals surface area contributed by atoms with Crippen LogP contribution in [-0.4, -0.2) is 68.6 Å². The van der Waals surface area contributed by atoms with E-state index in [2.05, 4.69) is 10.2 Å². The molecule has 0 saturated carbocycles. The second-order valence-corrected chi connectivity index (χ2v) is 7.41. The average Bonchev–Trinajstić information content (AvgIpc) is 3.26. The van der Waals surface area contributed by atoms with Gasteiger partial charge in [0.1, 0.15) is 5.75 Å². The summed E-state index contributed by atoms with van der Waals surface area (Å²) in [6.45, 7) is 6.34. The van der Waals surface area contributed by atoms with Gasteiger partial charge in [0.15, 0.2) is 0 Å². The van der Waals surface area contributed by atoms with Gasteiger partial charge in [-0.15, -0.1) is 11.3 Å². The van der Waals surface area contributed by atoms with E-state index < -0.39 is 0 Å². The first-order valence-corrected chi connectivity index (χ1v) is 10.2. The number of methoxy groups -OCH3 is 1. The van der Waals surface area contributed by atoms with Crippen LogP contribution < -0.4 is 10.1 Å². The van der Waals surface area contributed by atoms with Gasteiger partial charge in [0, 0.05) is 51.4 Å². The van der Waals surface area contributed by atoms with E-state index >= 15 is 0 Å². The monoisotopic (exact) mass is 385 g/mol. The number of amides is 1. The van der Waals surface area contributed by atoms with Crippen molar-refractivity contribution in [2.45, 2.75) is 0 Å². The predicted molar refractivity (Wildman–Crippen MR) is 112 cm³/mol. The molecular weight excluding hydrogens is 358 g/mol. The fraction of sp³-hybridized carbons (Fsp3) is 0.381. The number of hydrogen-bond acceptors (Lipinski definition) is 5. The van der Waals surface area contributed by atoms with Crippen molar-refractivity contribution in [1.29, 1.82) is 0 Å². The fourth-order valence-electron chi connectivity index (χ4n) is 3.14. The molecule has 1 aromatic carbocycles. The Labute approximate surface area is 165 Å². The highest BCUT2D eigenvalue weighted by molar-refractivity contribution is 7.12. The number of thiophene rings is 1. The molecule has 2 heterocycles. The van der Waals surface area contributed by atoms with Crippen LogP contribution in [0.15, 0.2) is 47.9 Å². The van der Waals surface area contributed by atoms with Gasteiger partial charge in [0.2, 0.25) is 0 Å². The molecule has 5 nitrogen and oxygen atoms in total. The molecule has 1 aliphatic rings. The van der Waals surface area contributed by atoms with Gasteiger partial charge in [-0.2, -0.15) is 0 Å². The van der Waals surface area contributed by atoms with Crippen LogP contribution >= 0.6 is 11.3 Å². The fourth-order valence-corrected chi connectivity index (χ4v) is 3.83. The summed E-state index contributed by atoms with van der Waals surface area (Å²) in [5.41, 5.74) is 1.02. The van der Waals surface area contributed by atoms with Crippen molar-refractivity contribution in [2.75, 3.05) is 52.9 Å². The number of nitrogens with one attached hydrogen (secondary N) is 1. The molecule has 1 N–H and O–H groups in total. The third-order valence-corrected chi connectivity index (χ3v) is 5.53. The van der Waals surface area contributed by atoms with Gasteiger partial charge < -0.3 is 15.0 Å². The topological polar surface area (TPSA) is 44.8 Å². The number of piperazine rings is 1. The Hall–Kier alpha value is -2.15. The molecule has 2 aromatic rings. The van der Waals surface area contributed by atoms with E-state index in [0.29, 0.717) is 6.54 Å². The van der Waals surface area contributed by atoms with Crippen molar-refractivity contribution in [1.82, 2.24) is 15.1 Å². The molecule has 0 aliphatic carbocycles. The maximum absolute atomic E-state index is 12.9. The van der Waals surface area contributed by atoms with Gasteiger partial charge in [-0.1, -0.05) is 36.4 Å². The van der Waals surface area contributed by atoms with Gasteiger partial charge in [-0.3, -0.25) is 9.69 Å². The van der Waals surface area contributed by atoms with Gasteiger partial charge in [0.25, 0.3) is 5.91 Å². The number of para-hydroxylation sites is 1. The molecule has 0 spiro atoms. The largest absolute Gasteiger partial charge is 0.496 e. The number of nitrogens with zero attached hydrogens (tertiary/aromatic N) is 2. The molecule has 1 aromatic heterocycles. The van der Waals surface area contributed by atoms with Crippen LogP contribution in [0.3, 0.4) is 0 Å². The Kier molecular flexibility index (Phi) is 7.45. The third-order valence-electron chi connectivity index (χ3n) is 4.68. The second kappa shape index (κ2) is 10.3. The first-order valence-electron chi connectivity index (χ1n) is 9.33. The number of carbonyl (C=O) groups is 1. The molecule has 1 amide bonds. The quantitative estimate of drug-likeness (QED) is 0.759. The molecule has 0 bridgehead atoms. The summed E-state index contributed by atoms with van der Waals surface area (Å²) >= 11 is 1.50. The van der Waals surface area contributed by atoms with Gasteiger partial charge in [-0.25, -0.2) is 0 Å². The zero-order valence-corrected chi connectivity index (χ0v) is 16.6. The van der Waals surface area contributed by atoms with Gasteiger partial charge in [0.05, 0.1) is 12.0 Å². The molecule has 3 rings (SSSR count). The Balaban J connectivity index is 1.65. The van der Waals surface area contributed by atoms with Crippen LogP contribution in [0.25, 0.3) is 6.08 Å². The van der Waals surface area contributed by atoms with Crippen molar-refractivity contribution in [3.05, 3.63) is 58.3 Å². The molecule has 144 valence electrons. The molecule has 1 saturated heterocycles. The normalized spacial score (nSPS) is 15.1. The first-order chi connectivity index (χ1) is 13.3. The summed E-state index contributed by atoms with van der Waals surface area (Å²) in [4.78, 5) is 18.0. The summed E-state index contributed by atoms with van der Waals surface area (Å²) in [6, 6.07) is 11.7. The van der Waals surface area contributed by atoms with Gasteiger partial charge >= 0.3 is 0 Å². The zero-order valence-electron chi connectivity index (χ0n) is 15.8. The Bertz CT molecular complexity index is 740. The lowest BCUT2D eigenvalue weighted by Gasteiger charge is -2.30. The Morgan fingerprint density at radius 3 is 2.81 bits per heavy atom. The van der Waals surface area contributed by atoms with E-state index in [0.717, 1.165) is 55.5 Å². The summed E-state index contributed by atoms with van der Waals surface area (Å²) < 4.78 is 5.39. The lowest BCUT2D eigenvalue weighted by molar-refractivity contribution is 0.0756. The van der Waals surface area contributed by atoms with Crippen LogP contribution in [0, 0.1) is 0 Å². The standard InChI is InChI=1S/C21H27N3O2S/c1-26-19-8-3-2-6-18(19)7-4-12-24(21(25)20-9-5-17-27-20)16-15-23-13-10-22-11-14-23/h2-9,17,22H,10-16H2,1H3. The van der Waals surface area contributed by atoms with Crippen molar-refractivity contribution in [2.24, 2.45) is 0 Å². The molecule has 1 fully saturated rings. The van der Waals surface area contributed by atoms with Gasteiger partial charge in [-0.05, 0) is 17.5 Å². The zero-order chi connectivity index (χ0) is 18.9. The minimum Gasteiger partial charge on any atom is -0.496 e. The first kappa shape index (κ1) is 19.6. The minimum atomic E-state index is 0.102. The second-order valence-electron chi connectivity index (χ2n) is 6.46. The maximum atomic E-state index is 12.9. The number of rotatable bonds is 8. The molecule has 0 atom stereocenters. The van der Waals surface area contributed by atoms with Crippen molar-refractivity contribution < 1.29 is 9.53 Å². The van der Waals surface area contributed by atoms with Crippen molar-refractivity contribution >= 4 is 23.3 Å². The summed E-state index contributed by atoms with van der Waals surface area (Å²) in [5, 5.41) is 5.32.